The van der Waals surface area contributed by atoms with E-state index in [2.05, 4.69) is 52.5 Å². The Balaban J connectivity index is 2.14. The van der Waals surface area contributed by atoms with E-state index >= 15 is 0 Å². The molecule has 2 heteroatoms. The summed E-state index contributed by atoms with van der Waals surface area (Å²) in [6.07, 6.45) is 5.39. The lowest BCUT2D eigenvalue weighted by Crippen LogP contribution is -2.65. The molecular weight excluding hydrogens is 244 g/mol. The Morgan fingerprint density at radius 1 is 1.10 bits per heavy atom. The molecule has 20 heavy (non-hydrogen) atoms. The van der Waals surface area contributed by atoms with E-state index in [0.29, 0.717) is 17.0 Å². The van der Waals surface area contributed by atoms with Crippen LogP contribution in [0.4, 0.5) is 5.69 Å². The number of aromatic nitrogens is 1. The van der Waals surface area contributed by atoms with Crippen LogP contribution in [0.1, 0.15) is 63.4 Å². The van der Waals surface area contributed by atoms with Crippen LogP contribution < -0.4 is 4.90 Å². The first-order chi connectivity index (χ1) is 9.27. The molecule has 0 amide bonds. The lowest BCUT2D eigenvalue weighted by molar-refractivity contribution is 0.0506. The van der Waals surface area contributed by atoms with Crippen molar-refractivity contribution in [3.63, 3.8) is 0 Å². The van der Waals surface area contributed by atoms with E-state index in [-0.39, 0.29) is 0 Å². The van der Waals surface area contributed by atoms with Gasteiger partial charge in [0.2, 0.25) is 0 Å². The molecule has 4 rings (SSSR count). The average molecular weight is 272 g/mol. The Labute approximate surface area is 123 Å². The maximum Gasteiger partial charge on any atom is 0.0619 e. The number of pyridine rings is 1. The normalized spacial score (nSPS) is 36.5. The molecule has 0 aromatic carbocycles. The van der Waals surface area contributed by atoms with Crippen LogP contribution >= 0.6 is 0 Å². The van der Waals surface area contributed by atoms with E-state index < -0.39 is 0 Å². The summed E-state index contributed by atoms with van der Waals surface area (Å²) in [6.45, 7) is 13.9. The molecule has 1 aromatic heterocycles. The lowest BCUT2D eigenvalue weighted by atomic mass is 9.59. The smallest absolute Gasteiger partial charge is 0.0619 e. The quantitative estimate of drug-likeness (QED) is 0.745. The second-order valence-electron chi connectivity index (χ2n) is 7.71. The van der Waals surface area contributed by atoms with Crippen molar-refractivity contribution < 1.29 is 0 Å². The molecule has 2 saturated heterocycles. The minimum Gasteiger partial charge on any atom is -0.361 e. The highest BCUT2D eigenvalue weighted by atomic mass is 15.3. The molecule has 1 aliphatic carbocycles. The van der Waals surface area contributed by atoms with E-state index in [1.165, 1.54) is 42.6 Å². The van der Waals surface area contributed by atoms with E-state index in [4.69, 9.17) is 4.98 Å². The number of hydrogen-bond acceptors (Lipinski definition) is 2. The van der Waals surface area contributed by atoms with Gasteiger partial charge in [0.15, 0.2) is 0 Å². The molecule has 2 aliphatic heterocycles. The Bertz CT molecular complexity index is 515. The Morgan fingerprint density at radius 3 is 2.25 bits per heavy atom. The zero-order valence-corrected chi connectivity index (χ0v) is 13.9. The van der Waals surface area contributed by atoms with Gasteiger partial charge in [-0.15, -0.1) is 0 Å². The first-order valence-electron chi connectivity index (χ1n) is 8.01. The molecule has 1 aromatic rings. The third-order valence-electron chi connectivity index (χ3n) is 6.17. The van der Waals surface area contributed by atoms with Gasteiger partial charge >= 0.3 is 0 Å². The number of rotatable bonds is 1. The fourth-order valence-electron chi connectivity index (χ4n) is 4.64. The molecule has 0 radical (unpaired) electrons. The number of aryl methyl sites for hydroxylation is 3. The van der Waals surface area contributed by atoms with Crippen molar-refractivity contribution in [1.82, 2.24) is 4.98 Å². The molecule has 2 bridgehead atoms. The summed E-state index contributed by atoms with van der Waals surface area (Å²) in [6, 6.07) is 2.85. The number of piperidine rings is 2. The summed E-state index contributed by atoms with van der Waals surface area (Å²) in [7, 11) is 0. The van der Waals surface area contributed by atoms with Gasteiger partial charge in [-0.2, -0.15) is 0 Å². The van der Waals surface area contributed by atoms with Crippen LogP contribution in [0, 0.1) is 26.2 Å². The second kappa shape index (κ2) is 4.22. The van der Waals surface area contributed by atoms with Crippen molar-refractivity contribution in [2.75, 3.05) is 4.90 Å². The van der Waals surface area contributed by atoms with Crippen molar-refractivity contribution in [2.45, 2.75) is 78.8 Å². The molecule has 1 saturated carbocycles. The monoisotopic (exact) mass is 272 g/mol. The van der Waals surface area contributed by atoms with Crippen molar-refractivity contribution in [2.24, 2.45) is 5.41 Å². The molecule has 3 fully saturated rings. The summed E-state index contributed by atoms with van der Waals surface area (Å²) in [5, 5.41) is 0. The molecule has 3 aliphatic rings. The Hall–Kier alpha value is -1.05. The van der Waals surface area contributed by atoms with Crippen LogP contribution in [0.2, 0.25) is 0 Å². The molecule has 1 unspecified atom stereocenters. The highest BCUT2D eigenvalue weighted by molar-refractivity contribution is 5.61. The van der Waals surface area contributed by atoms with Crippen LogP contribution in [0.5, 0.6) is 0 Å². The molecule has 0 spiro atoms. The highest BCUT2D eigenvalue weighted by Gasteiger charge is 2.53. The number of anilines is 1. The molecular formula is C18H28N2. The van der Waals surface area contributed by atoms with Crippen LogP contribution in [0.3, 0.4) is 0 Å². The van der Waals surface area contributed by atoms with Gasteiger partial charge in [-0.25, -0.2) is 0 Å². The molecule has 1 atom stereocenters. The van der Waals surface area contributed by atoms with Gasteiger partial charge in [-0.1, -0.05) is 6.92 Å². The van der Waals surface area contributed by atoms with E-state index in [9.17, 15) is 0 Å². The fourth-order valence-corrected chi connectivity index (χ4v) is 4.64. The van der Waals surface area contributed by atoms with Gasteiger partial charge in [-0.3, -0.25) is 4.98 Å². The highest BCUT2D eigenvalue weighted by Crippen LogP contribution is 2.55. The predicted octanol–water partition coefficient (Wildman–Crippen LogP) is 4.55. The van der Waals surface area contributed by atoms with Crippen molar-refractivity contribution in [3.05, 3.63) is 23.0 Å². The molecule has 2 nitrogen and oxygen atoms in total. The van der Waals surface area contributed by atoms with Crippen LogP contribution in [0.15, 0.2) is 6.07 Å². The number of nitrogens with zero attached hydrogens (tertiary/aromatic N) is 2. The largest absolute Gasteiger partial charge is 0.361 e. The van der Waals surface area contributed by atoms with E-state index in [0.717, 1.165) is 5.69 Å². The molecule has 3 heterocycles. The SMILES string of the molecule is Cc1cc(C)c(N2C(C)C3(C)CCC2(C)CC3)c(C)n1. The first-order valence-corrected chi connectivity index (χ1v) is 8.01. The summed E-state index contributed by atoms with van der Waals surface area (Å²) >= 11 is 0. The third-order valence-corrected chi connectivity index (χ3v) is 6.17. The minimum absolute atomic E-state index is 0.323. The van der Waals surface area contributed by atoms with E-state index in [1.807, 2.05) is 0 Å². The zero-order chi connectivity index (χ0) is 14.7. The fraction of sp³-hybridized carbons (Fsp3) is 0.722. The lowest BCUT2D eigenvalue weighted by Gasteiger charge is -2.63. The zero-order valence-electron chi connectivity index (χ0n) is 13.9. The summed E-state index contributed by atoms with van der Waals surface area (Å²) < 4.78 is 0. The third kappa shape index (κ3) is 1.80. The topological polar surface area (TPSA) is 16.1 Å². The minimum atomic E-state index is 0.323. The van der Waals surface area contributed by atoms with Crippen molar-refractivity contribution >= 4 is 5.69 Å². The van der Waals surface area contributed by atoms with Gasteiger partial charge in [0.1, 0.15) is 0 Å². The van der Waals surface area contributed by atoms with Crippen LogP contribution in [-0.4, -0.2) is 16.6 Å². The standard InChI is InChI=1S/C18H28N2/c1-12-11-13(2)19-14(3)16(12)20-15(4)17(5)7-9-18(20,6)10-8-17/h11,15H,7-10H2,1-6H3. The van der Waals surface area contributed by atoms with E-state index in [1.54, 1.807) is 0 Å². The predicted molar refractivity (Wildman–Crippen MR) is 85.4 cm³/mol. The molecule has 110 valence electrons. The Kier molecular flexibility index (Phi) is 2.94. The maximum absolute atomic E-state index is 4.74. The average Bonchev–Trinajstić information content (AvgIpc) is 2.35. The van der Waals surface area contributed by atoms with Gasteiger partial charge in [0.25, 0.3) is 0 Å². The van der Waals surface area contributed by atoms with Crippen LogP contribution in [0.25, 0.3) is 0 Å². The summed E-state index contributed by atoms with van der Waals surface area (Å²) in [5.74, 6) is 0. The van der Waals surface area contributed by atoms with Gasteiger partial charge in [0.05, 0.1) is 11.4 Å². The second-order valence-corrected chi connectivity index (χ2v) is 7.71. The Morgan fingerprint density at radius 2 is 1.70 bits per heavy atom. The number of hydrogen-bond donors (Lipinski definition) is 0. The first kappa shape index (κ1) is 13.9. The summed E-state index contributed by atoms with van der Waals surface area (Å²) in [5.41, 5.74) is 5.92. The maximum atomic E-state index is 4.74. The van der Waals surface area contributed by atoms with Crippen molar-refractivity contribution in [1.29, 1.82) is 0 Å². The van der Waals surface area contributed by atoms with Crippen molar-refractivity contribution in [3.8, 4) is 0 Å². The molecule has 0 N–H and O–H groups in total. The van der Waals surface area contributed by atoms with Gasteiger partial charge in [-0.05, 0) is 77.3 Å². The summed E-state index contributed by atoms with van der Waals surface area (Å²) in [4.78, 5) is 7.46. The number of fused-ring (bicyclic) bond motifs is 3. The van der Waals surface area contributed by atoms with Gasteiger partial charge < -0.3 is 4.90 Å². The van der Waals surface area contributed by atoms with Crippen LogP contribution in [-0.2, 0) is 0 Å². The van der Waals surface area contributed by atoms with Gasteiger partial charge in [0, 0.05) is 17.3 Å².